The summed E-state index contributed by atoms with van der Waals surface area (Å²) >= 11 is 0. The smallest absolute Gasteiger partial charge is 0.163 e. The van der Waals surface area contributed by atoms with Gasteiger partial charge in [-0.1, -0.05) is 80.9 Å². The molecule has 0 saturated heterocycles. The maximum absolute atomic E-state index is 12.8. The molecule has 0 heterocycles. The number of unbranched alkanes of at least 4 members (excludes halogenated alkanes) is 1. The summed E-state index contributed by atoms with van der Waals surface area (Å²) in [6.07, 6.45) is 3.27. The van der Waals surface area contributed by atoms with Gasteiger partial charge in [0.25, 0.3) is 0 Å². The van der Waals surface area contributed by atoms with Crippen molar-refractivity contribution < 1.29 is 9.59 Å². The number of benzene rings is 2. The number of carbonyl (C=O) groups is 2. The number of hydrogen-bond donors (Lipinski definition) is 0. The van der Waals surface area contributed by atoms with Crippen LogP contribution in [0.25, 0.3) is 0 Å². The van der Waals surface area contributed by atoms with Crippen molar-refractivity contribution in [3.63, 3.8) is 0 Å². The monoisotopic (exact) mass is 322 g/mol. The Morgan fingerprint density at radius 2 is 1.50 bits per heavy atom. The van der Waals surface area contributed by atoms with Gasteiger partial charge in [0.1, 0.15) is 5.78 Å². The second-order valence-corrected chi connectivity index (χ2v) is 6.72. The van der Waals surface area contributed by atoms with Crippen LogP contribution in [-0.4, -0.2) is 11.6 Å². The van der Waals surface area contributed by atoms with E-state index in [-0.39, 0.29) is 18.0 Å². The number of rotatable bonds is 9. The highest BCUT2D eigenvalue weighted by molar-refractivity contribution is 6.00. The predicted molar refractivity (Wildman–Crippen MR) is 98.2 cm³/mol. The first-order chi connectivity index (χ1) is 11.5. The van der Waals surface area contributed by atoms with Crippen molar-refractivity contribution in [2.24, 2.45) is 5.41 Å². The second kappa shape index (κ2) is 8.58. The molecule has 0 spiro atoms. The van der Waals surface area contributed by atoms with E-state index in [4.69, 9.17) is 0 Å². The maximum atomic E-state index is 12.8. The van der Waals surface area contributed by atoms with Crippen LogP contribution in [0.4, 0.5) is 0 Å². The lowest BCUT2D eigenvalue weighted by atomic mass is 9.73. The molecule has 0 aliphatic rings. The molecule has 0 N–H and O–H groups in total. The van der Waals surface area contributed by atoms with Gasteiger partial charge >= 0.3 is 0 Å². The number of hydrogen-bond acceptors (Lipinski definition) is 2. The fraction of sp³-hybridized carbons (Fsp3) is 0.364. The molecule has 2 rings (SSSR count). The van der Waals surface area contributed by atoms with Crippen LogP contribution in [0.2, 0.25) is 0 Å². The molecule has 0 unspecified atom stereocenters. The van der Waals surface area contributed by atoms with Crippen LogP contribution >= 0.6 is 0 Å². The topological polar surface area (TPSA) is 34.1 Å². The minimum absolute atomic E-state index is 0.0406. The summed E-state index contributed by atoms with van der Waals surface area (Å²) in [6, 6.07) is 19.2. The molecule has 0 saturated carbocycles. The zero-order chi connectivity index (χ0) is 17.4. The fourth-order valence-electron chi connectivity index (χ4n) is 3.03. The first-order valence-electron chi connectivity index (χ1n) is 8.70. The third-order valence-corrected chi connectivity index (χ3v) is 4.51. The summed E-state index contributed by atoms with van der Waals surface area (Å²) in [5.74, 6) is 0.233. The van der Waals surface area contributed by atoms with Gasteiger partial charge in [0.05, 0.1) is 0 Å². The summed E-state index contributed by atoms with van der Waals surface area (Å²) in [7, 11) is 0. The molecule has 2 aromatic carbocycles. The van der Waals surface area contributed by atoms with E-state index < -0.39 is 5.41 Å². The van der Waals surface area contributed by atoms with Gasteiger partial charge < -0.3 is 0 Å². The Morgan fingerprint density at radius 3 is 2.08 bits per heavy atom. The first kappa shape index (κ1) is 18.1. The lowest BCUT2D eigenvalue weighted by Crippen LogP contribution is -2.33. The summed E-state index contributed by atoms with van der Waals surface area (Å²) in [4.78, 5) is 25.5. The molecule has 2 nitrogen and oxygen atoms in total. The van der Waals surface area contributed by atoms with Gasteiger partial charge in [-0.15, -0.1) is 0 Å². The van der Waals surface area contributed by atoms with Gasteiger partial charge in [0.2, 0.25) is 0 Å². The van der Waals surface area contributed by atoms with Crippen molar-refractivity contribution in [2.75, 3.05) is 0 Å². The van der Waals surface area contributed by atoms with Crippen molar-refractivity contribution in [2.45, 2.75) is 46.0 Å². The lowest BCUT2D eigenvalue weighted by Gasteiger charge is -2.28. The minimum Gasteiger partial charge on any atom is -0.299 e. The molecule has 0 radical (unpaired) electrons. The van der Waals surface area contributed by atoms with Crippen LogP contribution in [0, 0.1) is 5.41 Å². The Hall–Kier alpha value is -2.22. The Kier molecular flexibility index (Phi) is 6.48. The van der Waals surface area contributed by atoms with E-state index in [1.807, 2.05) is 67.6 Å². The van der Waals surface area contributed by atoms with Gasteiger partial charge in [-0.3, -0.25) is 9.59 Å². The van der Waals surface area contributed by atoms with Gasteiger partial charge in [-0.25, -0.2) is 0 Å². The van der Waals surface area contributed by atoms with E-state index in [0.717, 1.165) is 18.4 Å². The van der Waals surface area contributed by atoms with E-state index in [2.05, 4.69) is 6.92 Å². The molecule has 0 bridgehead atoms. The minimum atomic E-state index is -0.649. The van der Waals surface area contributed by atoms with Crippen molar-refractivity contribution in [1.29, 1.82) is 0 Å². The molecule has 24 heavy (non-hydrogen) atoms. The zero-order valence-electron chi connectivity index (χ0n) is 14.6. The van der Waals surface area contributed by atoms with Gasteiger partial charge in [0.15, 0.2) is 5.78 Å². The Balaban J connectivity index is 2.21. The van der Waals surface area contributed by atoms with E-state index >= 15 is 0 Å². The van der Waals surface area contributed by atoms with Gasteiger partial charge in [0, 0.05) is 23.8 Å². The van der Waals surface area contributed by atoms with E-state index in [9.17, 15) is 9.59 Å². The largest absolute Gasteiger partial charge is 0.299 e. The standard InChI is InChI=1S/C22H26O2/c1-3-4-15-21(24)22(2,16-18-11-7-5-8-12-18)17-20(23)19-13-9-6-10-14-19/h5-14H,3-4,15-17H2,1-2H3/t22-/m0/s1. The van der Waals surface area contributed by atoms with Crippen LogP contribution in [0.1, 0.15) is 55.5 Å². The second-order valence-electron chi connectivity index (χ2n) is 6.72. The third-order valence-electron chi connectivity index (χ3n) is 4.51. The SMILES string of the molecule is CCCCC(=O)[C@](C)(CC(=O)c1ccccc1)Cc1ccccc1. The summed E-state index contributed by atoms with van der Waals surface area (Å²) < 4.78 is 0. The van der Waals surface area contributed by atoms with Crippen LogP contribution in [0.5, 0.6) is 0 Å². The third kappa shape index (κ3) is 4.89. The number of carbonyl (C=O) groups excluding carboxylic acids is 2. The summed E-state index contributed by atoms with van der Waals surface area (Å²) in [5.41, 5.74) is 1.13. The zero-order valence-corrected chi connectivity index (χ0v) is 14.6. The Morgan fingerprint density at radius 1 is 0.917 bits per heavy atom. The van der Waals surface area contributed by atoms with Gasteiger partial charge in [-0.2, -0.15) is 0 Å². The normalized spacial score (nSPS) is 13.2. The Bertz CT molecular complexity index is 661. The van der Waals surface area contributed by atoms with Crippen LogP contribution in [-0.2, 0) is 11.2 Å². The molecular weight excluding hydrogens is 296 g/mol. The van der Waals surface area contributed by atoms with E-state index in [1.54, 1.807) is 0 Å². The molecule has 0 aliphatic carbocycles. The van der Waals surface area contributed by atoms with E-state index in [0.29, 0.717) is 18.4 Å². The Labute approximate surface area is 144 Å². The maximum Gasteiger partial charge on any atom is 0.163 e. The lowest BCUT2D eigenvalue weighted by molar-refractivity contribution is -0.128. The van der Waals surface area contributed by atoms with Crippen molar-refractivity contribution in [1.82, 2.24) is 0 Å². The molecular formula is C22H26O2. The molecule has 0 aromatic heterocycles. The molecule has 0 aliphatic heterocycles. The average molecular weight is 322 g/mol. The molecule has 126 valence electrons. The van der Waals surface area contributed by atoms with Crippen LogP contribution in [0.3, 0.4) is 0 Å². The highest BCUT2D eigenvalue weighted by Gasteiger charge is 2.35. The van der Waals surface area contributed by atoms with Crippen LogP contribution in [0.15, 0.2) is 60.7 Å². The molecule has 1 atom stereocenters. The molecule has 0 fully saturated rings. The predicted octanol–water partition coefficient (Wildman–Crippen LogP) is 5.27. The quantitative estimate of drug-likeness (QED) is 0.590. The van der Waals surface area contributed by atoms with Crippen molar-refractivity contribution in [3.05, 3.63) is 71.8 Å². The highest BCUT2D eigenvalue weighted by Crippen LogP contribution is 2.31. The molecule has 2 aromatic rings. The van der Waals surface area contributed by atoms with Gasteiger partial charge in [-0.05, 0) is 18.4 Å². The first-order valence-corrected chi connectivity index (χ1v) is 8.70. The van der Waals surface area contributed by atoms with Crippen molar-refractivity contribution in [3.8, 4) is 0 Å². The number of Topliss-reactive ketones (excluding diaryl/α,β-unsaturated/α-hetero) is 2. The summed E-state index contributed by atoms with van der Waals surface area (Å²) in [5, 5.41) is 0. The molecule has 2 heteroatoms. The van der Waals surface area contributed by atoms with E-state index in [1.165, 1.54) is 0 Å². The number of ketones is 2. The summed E-state index contributed by atoms with van der Waals surface area (Å²) in [6.45, 7) is 4.02. The average Bonchev–Trinajstić information content (AvgIpc) is 2.61. The molecule has 0 amide bonds. The van der Waals surface area contributed by atoms with Crippen LogP contribution < -0.4 is 0 Å². The fourth-order valence-corrected chi connectivity index (χ4v) is 3.03. The highest BCUT2D eigenvalue weighted by atomic mass is 16.1. The van der Waals surface area contributed by atoms with Crippen molar-refractivity contribution >= 4 is 11.6 Å².